The predicted octanol–water partition coefficient (Wildman–Crippen LogP) is 5.35. The summed E-state index contributed by atoms with van der Waals surface area (Å²) in [6.45, 7) is 0. The van der Waals surface area contributed by atoms with Gasteiger partial charge in [-0.25, -0.2) is 18.0 Å². The summed E-state index contributed by atoms with van der Waals surface area (Å²) in [5.74, 6) is -2.31. The van der Waals surface area contributed by atoms with Crippen LogP contribution in [0.5, 0.6) is 23.0 Å². The molecule has 11 heteroatoms. The summed E-state index contributed by atoms with van der Waals surface area (Å²) in [5, 5.41) is 4.82. The van der Waals surface area contributed by atoms with Crippen LogP contribution in [0.25, 0.3) is 10.9 Å². The fraction of sp³-hybridized carbons (Fsp3) is 0.115. The number of ether oxygens (including phenoxy) is 3. The predicted molar refractivity (Wildman–Crippen MR) is 129 cm³/mol. The van der Waals surface area contributed by atoms with Crippen LogP contribution < -0.4 is 24.8 Å². The molecule has 4 aromatic rings. The van der Waals surface area contributed by atoms with E-state index in [1.54, 1.807) is 18.2 Å². The number of anilines is 1. The molecule has 0 spiro atoms. The SMILES string of the molecule is COc1cc2nccc(Oc3ccc(NC(=O)NC(=O)Cc4ccc(F)c(F)c4)c(F)c3)c2cc1OC. The Bertz CT molecular complexity index is 1500. The molecule has 0 saturated carbocycles. The van der Waals surface area contributed by atoms with Crippen molar-refractivity contribution < 1.29 is 37.0 Å². The first-order chi connectivity index (χ1) is 17.8. The Morgan fingerprint density at radius 1 is 0.838 bits per heavy atom. The molecule has 2 N–H and O–H groups in total. The van der Waals surface area contributed by atoms with Gasteiger partial charge in [0.2, 0.25) is 5.91 Å². The summed E-state index contributed by atoms with van der Waals surface area (Å²) in [6.07, 6.45) is 1.15. The summed E-state index contributed by atoms with van der Waals surface area (Å²) >= 11 is 0. The molecule has 8 nitrogen and oxygen atoms in total. The smallest absolute Gasteiger partial charge is 0.325 e. The third-order valence-electron chi connectivity index (χ3n) is 5.23. The molecule has 0 aliphatic carbocycles. The number of urea groups is 1. The van der Waals surface area contributed by atoms with Crippen molar-refractivity contribution in [2.45, 2.75) is 6.42 Å². The molecule has 0 aliphatic rings. The second-order valence-corrected chi connectivity index (χ2v) is 7.70. The number of imide groups is 1. The van der Waals surface area contributed by atoms with Crippen molar-refractivity contribution in [3.63, 3.8) is 0 Å². The molecule has 4 rings (SSSR count). The molecule has 0 atom stereocenters. The molecule has 0 radical (unpaired) electrons. The zero-order valence-electron chi connectivity index (χ0n) is 19.6. The molecule has 0 saturated heterocycles. The van der Waals surface area contributed by atoms with Crippen LogP contribution >= 0.6 is 0 Å². The van der Waals surface area contributed by atoms with Crippen LogP contribution in [0, 0.1) is 17.5 Å². The quantitative estimate of drug-likeness (QED) is 0.347. The number of nitrogens with zero attached hydrogens (tertiary/aromatic N) is 1. The van der Waals surface area contributed by atoms with Gasteiger partial charge in [0, 0.05) is 23.7 Å². The first kappa shape index (κ1) is 25.3. The first-order valence-corrected chi connectivity index (χ1v) is 10.8. The normalized spacial score (nSPS) is 10.6. The van der Waals surface area contributed by atoms with E-state index < -0.39 is 29.4 Å². The Morgan fingerprint density at radius 2 is 1.59 bits per heavy atom. The maximum atomic E-state index is 14.7. The van der Waals surface area contributed by atoms with Crippen LogP contribution in [0.4, 0.5) is 23.7 Å². The number of benzene rings is 3. The molecule has 0 fully saturated rings. The highest BCUT2D eigenvalue weighted by Crippen LogP contribution is 2.37. The van der Waals surface area contributed by atoms with Gasteiger partial charge >= 0.3 is 6.03 Å². The second kappa shape index (κ2) is 10.9. The van der Waals surface area contributed by atoms with Gasteiger partial charge in [-0.15, -0.1) is 0 Å². The minimum atomic E-state index is -1.11. The largest absolute Gasteiger partial charge is 0.493 e. The Labute approximate surface area is 209 Å². The molecule has 190 valence electrons. The zero-order valence-corrected chi connectivity index (χ0v) is 19.6. The number of methoxy groups -OCH3 is 2. The lowest BCUT2D eigenvalue weighted by atomic mass is 10.1. The van der Waals surface area contributed by atoms with Gasteiger partial charge in [-0.05, 0) is 42.0 Å². The van der Waals surface area contributed by atoms with Crippen molar-refractivity contribution in [1.29, 1.82) is 0 Å². The van der Waals surface area contributed by atoms with Crippen molar-refractivity contribution in [1.82, 2.24) is 10.3 Å². The topological polar surface area (TPSA) is 98.8 Å². The summed E-state index contributed by atoms with van der Waals surface area (Å²) < 4.78 is 57.4. The van der Waals surface area contributed by atoms with E-state index in [4.69, 9.17) is 14.2 Å². The maximum absolute atomic E-state index is 14.7. The molecule has 0 bridgehead atoms. The van der Waals surface area contributed by atoms with Gasteiger partial charge in [0.15, 0.2) is 23.1 Å². The van der Waals surface area contributed by atoms with Crippen LogP contribution in [0.1, 0.15) is 5.56 Å². The second-order valence-electron chi connectivity index (χ2n) is 7.70. The molecule has 1 aromatic heterocycles. The maximum Gasteiger partial charge on any atom is 0.325 e. The number of amides is 3. The number of aromatic nitrogens is 1. The van der Waals surface area contributed by atoms with E-state index >= 15 is 0 Å². The number of hydrogen-bond acceptors (Lipinski definition) is 6. The van der Waals surface area contributed by atoms with Crippen LogP contribution in [-0.2, 0) is 11.2 Å². The Balaban J connectivity index is 1.43. The van der Waals surface area contributed by atoms with Crippen molar-refractivity contribution in [2.75, 3.05) is 19.5 Å². The molecule has 3 amide bonds. The summed E-state index contributed by atoms with van der Waals surface area (Å²) in [7, 11) is 3.00. The lowest BCUT2D eigenvalue weighted by Gasteiger charge is -2.13. The first-order valence-electron chi connectivity index (χ1n) is 10.8. The summed E-state index contributed by atoms with van der Waals surface area (Å²) in [4.78, 5) is 28.4. The molecule has 3 aromatic carbocycles. The van der Waals surface area contributed by atoms with Crippen molar-refractivity contribution in [2.24, 2.45) is 0 Å². The molecule has 0 aliphatic heterocycles. The number of fused-ring (bicyclic) bond motifs is 1. The van der Waals surface area contributed by atoms with Crippen molar-refractivity contribution >= 4 is 28.5 Å². The van der Waals surface area contributed by atoms with Crippen LogP contribution in [-0.4, -0.2) is 31.1 Å². The standard InChI is InChI=1S/C26H20F3N3O5/c1-35-23-12-16-21(13-24(23)36-2)30-8-7-22(16)37-15-4-6-20(19(29)11-15)31-26(34)32-25(33)10-14-3-5-17(27)18(28)9-14/h3-9,11-13H,10H2,1-2H3,(H2,31,32,33,34). The number of pyridine rings is 1. The Hall–Kier alpha value is -4.80. The fourth-order valence-electron chi connectivity index (χ4n) is 3.48. The van der Waals surface area contributed by atoms with E-state index in [0.717, 1.165) is 18.2 Å². The van der Waals surface area contributed by atoms with E-state index in [2.05, 4.69) is 10.3 Å². The molecular weight excluding hydrogens is 491 g/mol. The lowest BCUT2D eigenvalue weighted by molar-refractivity contribution is -0.119. The number of hydrogen-bond donors (Lipinski definition) is 2. The van der Waals surface area contributed by atoms with Crippen molar-refractivity contribution in [3.05, 3.63) is 83.8 Å². The van der Waals surface area contributed by atoms with E-state index in [9.17, 15) is 22.8 Å². The van der Waals surface area contributed by atoms with E-state index in [1.807, 2.05) is 5.32 Å². The van der Waals surface area contributed by atoms with Gasteiger partial charge in [-0.3, -0.25) is 15.1 Å². The van der Waals surface area contributed by atoms with Gasteiger partial charge < -0.3 is 19.5 Å². The molecule has 1 heterocycles. The lowest BCUT2D eigenvalue weighted by Crippen LogP contribution is -2.35. The average Bonchev–Trinajstić information content (AvgIpc) is 2.87. The molecular formula is C26H20F3N3O5. The number of rotatable bonds is 7. The minimum absolute atomic E-state index is 0.139. The third kappa shape index (κ3) is 5.89. The molecule has 0 unspecified atom stereocenters. The highest BCUT2D eigenvalue weighted by molar-refractivity contribution is 6.01. The number of carbonyl (C=O) groups excluding carboxylic acids is 2. The number of nitrogens with one attached hydrogen (secondary N) is 2. The highest BCUT2D eigenvalue weighted by atomic mass is 19.2. The van der Waals surface area contributed by atoms with Gasteiger partial charge in [-0.1, -0.05) is 6.07 Å². The third-order valence-corrected chi connectivity index (χ3v) is 5.23. The van der Waals surface area contributed by atoms with E-state index in [-0.39, 0.29) is 23.4 Å². The van der Waals surface area contributed by atoms with Crippen LogP contribution in [0.3, 0.4) is 0 Å². The summed E-state index contributed by atoms with van der Waals surface area (Å²) in [5.41, 5.74) is 0.520. The Kier molecular flexibility index (Phi) is 7.42. The average molecular weight is 511 g/mol. The van der Waals surface area contributed by atoms with Crippen LogP contribution in [0.15, 0.2) is 60.8 Å². The van der Waals surface area contributed by atoms with Gasteiger partial charge in [0.1, 0.15) is 17.3 Å². The molecule has 37 heavy (non-hydrogen) atoms. The minimum Gasteiger partial charge on any atom is -0.493 e. The monoisotopic (exact) mass is 511 g/mol. The van der Waals surface area contributed by atoms with Gasteiger partial charge in [0.25, 0.3) is 0 Å². The van der Waals surface area contributed by atoms with Gasteiger partial charge in [-0.2, -0.15) is 0 Å². The van der Waals surface area contributed by atoms with Gasteiger partial charge in [0.05, 0.1) is 31.8 Å². The highest BCUT2D eigenvalue weighted by Gasteiger charge is 2.15. The van der Waals surface area contributed by atoms with E-state index in [1.165, 1.54) is 38.6 Å². The van der Waals surface area contributed by atoms with E-state index in [0.29, 0.717) is 28.2 Å². The fourth-order valence-corrected chi connectivity index (χ4v) is 3.48. The number of halogens is 3. The van der Waals surface area contributed by atoms with Crippen LogP contribution in [0.2, 0.25) is 0 Å². The van der Waals surface area contributed by atoms with Crippen molar-refractivity contribution in [3.8, 4) is 23.0 Å². The summed E-state index contributed by atoms with van der Waals surface area (Å²) in [6, 6.07) is 10.7. The zero-order chi connectivity index (χ0) is 26.5. The number of carbonyl (C=O) groups is 2. The Morgan fingerprint density at radius 3 is 2.30 bits per heavy atom.